The highest BCUT2D eigenvalue weighted by molar-refractivity contribution is 5.94. The number of amides is 1. The van der Waals surface area contributed by atoms with E-state index in [2.05, 4.69) is 11.8 Å². The van der Waals surface area contributed by atoms with Crippen LogP contribution in [0.2, 0.25) is 0 Å². The number of halogens is 1. The zero-order valence-corrected chi connectivity index (χ0v) is 11.8. The second-order valence-electron chi connectivity index (χ2n) is 5.79. The van der Waals surface area contributed by atoms with Gasteiger partial charge in [-0.2, -0.15) is 0 Å². The average Bonchev–Trinajstić information content (AvgIpc) is 3.36. The van der Waals surface area contributed by atoms with Gasteiger partial charge >= 0.3 is 0 Å². The molecule has 3 nitrogen and oxygen atoms in total. The minimum atomic E-state index is -0.510. The molecule has 0 atom stereocenters. The van der Waals surface area contributed by atoms with E-state index in [1.165, 1.54) is 25.0 Å². The predicted molar refractivity (Wildman–Crippen MR) is 77.1 cm³/mol. The van der Waals surface area contributed by atoms with E-state index in [4.69, 9.17) is 5.11 Å². The molecule has 0 unspecified atom stereocenters. The highest BCUT2D eigenvalue weighted by atomic mass is 19.1. The standard InChI is InChI=1S/C17H18FNO2/c18-16-10-14(6-5-13(16)2-1-9-20)17(21)19(15-7-8-15)11-12-3-4-12/h5-6,10,12,15,20H,3-4,7-9,11H2. The number of nitrogens with zero attached hydrogens (tertiary/aromatic N) is 1. The Morgan fingerprint density at radius 1 is 1.33 bits per heavy atom. The maximum atomic E-state index is 13.9. The van der Waals surface area contributed by atoms with Gasteiger partial charge in [0, 0.05) is 18.2 Å². The van der Waals surface area contributed by atoms with Crippen LogP contribution in [0.25, 0.3) is 0 Å². The third-order valence-electron chi connectivity index (χ3n) is 3.92. The van der Waals surface area contributed by atoms with E-state index in [0.717, 1.165) is 19.4 Å². The first-order valence-electron chi connectivity index (χ1n) is 7.39. The van der Waals surface area contributed by atoms with Gasteiger partial charge in [0.25, 0.3) is 5.91 Å². The second kappa shape index (κ2) is 5.87. The second-order valence-corrected chi connectivity index (χ2v) is 5.79. The van der Waals surface area contributed by atoms with Gasteiger partial charge in [0.2, 0.25) is 0 Å². The summed E-state index contributed by atoms with van der Waals surface area (Å²) >= 11 is 0. The highest BCUT2D eigenvalue weighted by Crippen LogP contribution is 2.35. The summed E-state index contributed by atoms with van der Waals surface area (Å²) in [5.41, 5.74) is 0.593. The van der Waals surface area contributed by atoms with E-state index < -0.39 is 5.82 Å². The van der Waals surface area contributed by atoms with Crippen molar-refractivity contribution in [2.75, 3.05) is 13.2 Å². The van der Waals surface area contributed by atoms with Gasteiger partial charge in [-0.05, 0) is 49.8 Å². The summed E-state index contributed by atoms with van der Waals surface area (Å²) in [6, 6.07) is 4.73. The van der Waals surface area contributed by atoms with E-state index in [-0.39, 0.29) is 18.1 Å². The van der Waals surface area contributed by atoms with Crippen LogP contribution in [-0.2, 0) is 0 Å². The molecule has 0 spiro atoms. The smallest absolute Gasteiger partial charge is 0.254 e. The summed E-state index contributed by atoms with van der Waals surface area (Å²) in [4.78, 5) is 14.5. The lowest BCUT2D eigenvalue weighted by atomic mass is 10.1. The summed E-state index contributed by atoms with van der Waals surface area (Å²) < 4.78 is 13.9. The summed E-state index contributed by atoms with van der Waals surface area (Å²) in [5, 5.41) is 8.64. The molecule has 1 amide bonds. The van der Waals surface area contributed by atoms with Crippen LogP contribution in [0, 0.1) is 23.6 Å². The van der Waals surface area contributed by atoms with Crippen LogP contribution in [-0.4, -0.2) is 35.1 Å². The maximum absolute atomic E-state index is 13.9. The molecule has 2 aliphatic carbocycles. The molecule has 1 aromatic rings. The van der Waals surface area contributed by atoms with Crippen molar-refractivity contribution >= 4 is 5.91 Å². The minimum Gasteiger partial charge on any atom is -0.384 e. The van der Waals surface area contributed by atoms with Crippen molar-refractivity contribution < 1.29 is 14.3 Å². The number of hydrogen-bond donors (Lipinski definition) is 1. The normalized spacial score (nSPS) is 17.0. The third kappa shape index (κ3) is 3.43. The van der Waals surface area contributed by atoms with Crippen molar-refractivity contribution in [1.82, 2.24) is 4.90 Å². The van der Waals surface area contributed by atoms with Crippen LogP contribution in [0.1, 0.15) is 41.6 Å². The largest absolute Gasteiger partial charge is 0.384 e. The van der Waals surface area contributed by atoms with Crippen molar-refractivity contribution in [2.45, 2.75) is 31.7 Å². The Kier molecular flexibility index (Phi) is 3.94. The van der Waals surface area contributed by atoms with E-state index in [1.807, 2.05) is 4.90 Å². The lowest BCUT2D eigenvalue weighted by molar-refractivity contribution is 0.0734. The Hall–Kier alpha value is -1.86. The molecule has 0 heterocycles. The van der Waals surface area contributed by atoms with Crippen LogP contribution in [0.3, 0.4) is 0 Å². The van der Waals surface area contributed by atoms with E-state index in [9.17, 15) is 9.18 Å². The summed E-state index contributed by atoms with van der Waals surface area (Å²) in [6.07, 6.45) is 4.50. The highest BCUT2D eigenvalue weighted by Gasteiger charge is 2.36. The molecule has 3 rings (SSSR count). The van der Waals surface area contributed by atoms with Gasteiger partial charge in [-0.3, -0.25) is 4.79 Å². The predicted octanol–water partition coefficient (Wildman–Crippen LogP) is 2.18. The molecule has 1 aromatic carbocycles. The van der Waals surface area contributed by atoms with Gasteiger partial charge in [0.15, 0.2) is 0 Å². The van der Waals surface area contributed by atoms with Crippen LogP contribution in [0.15, 0.2) is 18.2 Å². The molecule has 0 radical (unpaired) electrons. The number of aliphatic hydroxyl groups excluding tert-OH is 1. The van der Waals surface area contributed by atoms with E-state index in [0.29, 0.717) is 17.5 Å². The van der Waals surface area contributed by atoms with Crippen molar-refractivity contribution in [3.8, 4) is 11.8 Å². The van der Waals surface area contributed by atoms with Crippen molar-refractivity contribution in [2.24, 2.45) is 5.92 Å². The van der Waals surface area contributed by atoms with Crippen LogP contribution in [0.4, 0.5) is 4.39 Å². The molecular formula is C17H18FNO2. The molecule has 0 saturated heterocycles. The van der Waals surface area contributed by atoms with Gasteiger partial charge in [0.1, 0.15) is 12.4 Å². The lowest BCUT2D eigenvalue weighted by Gasteiger charge is -2.22. The monoisotopic (exact) mass is 287 g/mol. The number of carbonyl (C=O) groups excluding carboxylic acids is 1. The van der Waals surface area contributed by atoms with Crippen LogP contribution in [0.5, 0.6) is 0 Å². The van der Waals surface area contributed by atoms with Crippen LogP contribution >= 0.6 is 0 Å². The molecule has 0 aromatic heterocycles. The molecule has 0 bridgehead atoms. The zero-order chi connectivity index (χ0) is 14.8. The lowest BCUT2D eigenvalue weighted by Crippen LogP contribution is -2.35. The number of rotatable bonds is 4. The Morgan fingerprint density at radius 2 is 2.10 bits per heavy atom. The Balaban J connectivity index is 1.78. The molecule has 1 N–H and O–H groups in total. The maximum Gasteiger partial charge on any atom is 0.254 e. The molecular weight excluding hydrogens is 269 g/mol. The van der Waals surface area contributed by atoms with Gasteiger partial charge in [-0.1, -0.05) is 11.8 Å². The fraction of sp³-hybridized carbons (Fsp3) is 0.471. The molecule has 21 heavy (non-hydrogen) atoms. The van der Waals surface area contributed by atoms with Crippen LogP contribution < -0.4 is 0 Å². The Morgan fingerprint density at radius 3 is 2.67 bits per heavy atom. The number of aliphatic hydroxyl groups is 1. The number of carbonyl (C=O) groups is 1. The first-order valence-corrected chi connectivity index (χ1v) is 7.39. The Labute approximate surface area is 123 Å². The fourth-order valence-electron chi connectivity index (χ4n) is 2.41. The molecule has 2 aliphatic rings. The van der Waals surface area contributed by atoms with E-state index in [1.54, 1.807) is 6.07 Å². The first kappa shape index (κ1) is 14.1. The quantitative estimate of drug-likeness (QED) is 0.862. The van der Waals surface area contributed by atoms with Crippen molar-refractivity contribution in [3.05, 3.63) is 35.1 Å². The Bertz CT molecular complexity index is 609. The summed E-state index contributed by atoms with van der Waals surface area (Å²) in [5.74, 6) is 4.99. The molecule has 0 aliphatic heterocycles. The summed E-state index contributed by atoms with van der Waals surface area (Å²) in [7, 11) is 0. The van der Waals surface area contributed by atoms with Crippen molar-refractivity contribution in [3.63, 3.8) is 0 Å². The van der Waals surface area contributed by atoms with Gasteiger partial charge in [-0.25, -0.2) is 4.39 Å². The van der Waals surface area contributed by atoms with Gasteiger partial charge in [0.05, 0.1) is 5.56 Å². The number of benzene rings is 1. The third-order valence-corrected chi connectivity index (χ3v) is 3.92. The first-order chi connectivity index (χ1) is 10.2. The number of hydrogen-bond acceptors (Lipinski definition) is 2. The molecule has 2 saturated carbocycles. The molecule has 110 valence electrons. The summed E-state index contributed by atoms with van der Waals surface area (Å²) in [6.45, 7) is 0.494. The van der Waals surface area contributed by atoms with E-state index >= 15 is 0 Å². The average molecular weight is 287 g/mol. The zero-order valence-electron chi connectivity index (χ0n) is 11.8. The van der Waals surface area contributed by atoms with Gasteiger partial charge < -0.3 is 10.0 Å². The topological polar surface area (TPSA) is 40.5 Å². The fourth-order valence-corrected chi connectivity index (χ4v) is 2.41. The molecule has 4 heteroatoms. The van der Waals surface area contributed by atoms with Crippen molar-refractivity contribution in [1.29, 1.82) is 0 Å². The van der Waals surface area contributed by atoms with Gasteiger partial charge in [-0.15, -0.1) is 0 Å². The molecule has 2 fully saturated rings. The minimum absolute atomic E-state index is 0.0787. The SMILES string of the molecule is O=C(c1ccc(C#CCO)c(F)c1)N(CC1CC1)C1CC1.